The molecule has 102 valence electrons. The van der Waals surface area contributed by atoms with Crippen LogP contribution in [-0.4, -0.2) is 31.0 Å². The van der Waals surface area contributed by atoms with Crippen molar-refractivity contribution in [1.29, 1.82) is 0 Å². The van der Waals surface area contributed by atoms with Crippen LogP contribution in [0.4, 0.5) is 10.1 Å². The number of ether oxygens (including phenoxy) is 1. The molecule has 0 saturated carbocycles. The minimum atomic E-state index is -0.635. The first-order valence-electron chi connectivity index (χ1n) is 6.25. The molecule has 0 heterocycles. The van der Waals surface area contributed by atoms with Crippen molar-refractivity contribution < 1.29 is 14.2 Å². The van der Waals surface area contributed by atoms with E-state index in [-0.39, 0.29) is 19.0 Å². The van der Waals surface area contributed by atoms with E-state index in [2.05, 4.69) is 5.32 Å². The maximum atomic E-state index is 13.5. The molecule has 4 heteroatoms. The summed E-state index contributed by atoms with van der Waals surface area (Å²) in [6.45, 7) is 7.09. The van der Waals surface area contributed by atoms with Gasteiger partial charge in [0.15, 0.2) is 0 Å². The Morgan fingerprint density at radius 2 is 2.06 bits per heavy atom. The van der Waals surface area contributed by atoms with Crippen LogP contribution in [0.5, 0.6) is 0 Å². The number of nitrogens with one attached hydrogen (secondary N) is 1. The van der Waals surface area contributed by atoms with Gasteiger partial charge in [0.25, 0.3) is 0 Å². The third-order valence-corrected chi connectivity index (χ3v) is 2.41. The van der Waals surface area contributed by atoms with Crippen molar-refractivity contribution in [3.63, 3.8) is 0 Å². The van der Waals surface area contributed by atoms with Gasteiger partial charge >= 0.3 is 0 Å². The molecule has 1 aromatic rings. The third kappa shape index (κ3) is 5.47. The standard InChI is InChI=1S/C14H22FNO2/c1-10(2)8-18-9-12(17)7-16-14-5-4-11(3)6-13(14)15/h4-6,10,12,16-17H,7-9H2,1-3H3. The summed E-state index contributed by atoms with van der Waals surface area (Å²) in [5.74, 6) is 0.144. The lowest BCUT2D eigenvalue weighted by atomic mass is 10.2. The molecule has 0 aliphatic carbocycles. The molecule has 2 N–H and O–H groups in total. The lowest BCUT2D eigenvalue weighted by Gasteiger charge is -2.14. The van der Waals surface area contributed by atoms with Gasteiger partial charge in [0.2, 0.25) is 0 Å². The van der Waals surface area contributed by atoms with Crippen LogP contribution in [-0.2, 0) is 4.74 Å². The average molecular weight is 255 g/mol. The van der Waals surface area contributed by atoms with Crippen LogP contribution >= 0.6 is 0 Å². The van der Waals surface area contributed by atoms with Crippen LogP contribution in [0.25, 0.3) is 0 Å². The zero-order valence-corrected chi connectivity index (χ0v) is 11.2. The Labute approximate surface area is 108 Å². The lowest BCUT2D eigenvalue weighted by Crippen LogP contribution is -2.26. The zero-order chi connectivity index (χ0) is 13.5. The minimum absolute atomic E-state index is 0.263. The Morgan fingerprint density at radius 3 is 2.67 bits per heavy atom. The smallest absolute Gasteiger partial charge is 0.146 e. The molecule has 1 unspecified atom stereocenters. The van der Waals surface area contributed by atoms with Gasteiger partial charge in [0, 0.05) is 13.2 Å². The number of hydrogen-bond acceptors (Lipinski definition) is 3. The van der Waals surface area contributed by atoms with E-state index >= 15 is 0 Å². The number of aliphatic hydroxyl groups is 1. The van der Waals surface area contributed by atoms with Crippen LogP contribution in [0.2, 0.25) is 0 Å². The van der Waals surface area contributed by atoms with Crippen LogP contribution in [0, 0.1) is 18.7 Å². The highest BCUT2D eigenvalue weighted by molar-refractivity contribution is 5.46. The number of aryl methyl sites for hydroxylation is 1. The van der Waals surface area contributed by atoms with Crippen molar-refractivity contribution >= 4 is 5.69 Å². The van der Waals surface area contributed by atoms with E-state index in [1.807, 2.05) is 26.8 Å². The molecule has 1 aromatic carbocycles. The first-order chi connectivity index (χ1) is 8.49. The molecule has 0 bridgehead atoms. The van der Waals surface area contributed by atoms with E-state index in [0.717, 1.165) is 5.56 Å². The van der Waals surface area contributed by atoms with Gasteiger partial charge in [0.1, 0.15) is 5.82 Å². The maximum absolute atomic E-state index is 13.5. The Morgan fingerprint density at radius 1 is 1.33 bits per heavy atom. The van der Waals surface area contributed by atoms with Crippen LogP contribution < -0.4 is 5.32 Å². The highest BCUT2D eigenvalue weighted by atomic mass is 19.1. The van der Waals surface area contributed by atoms with E-state index < -0.39 is 6.10 Å². The topological polar surface area (TPSA) is 41.5 Å². The van der Waals surface area contributed by atoms with Crippen LogP contribution in [0.3, 0.4) is 0 Å². The van der Waals surface area contributed by atoms with E-state index in [1.165, 1.54) is 6.07 Å². The predicted octanol–water partition coefficient (Wildman–Crippen LogP) is 2.58. The van der Waals surface area contributed by atoms with Crippen molar-refractivity contribution in [3.05, 3.63) is 29.6 Å². The molecule has 1 rings (SSSR count). The Hall–Kier alpha value is -1.13. The molecule has 18 heavy (non-hydrogen) atoms. The van der Waals surface area contributed by atoms with Crippen LogP contribution in [0.15, 0.2) is 18.2 Å². The second-order valence-corrected chi connectivity index (χ2v) is 4.95. The number of aliphatic hydroxyl groups excluding tert-OH is 1. The monoisotopic (exact) mass is 255 g/mol. The van der Waals surface area contributed by atoms with E-state index in [0.29, 0.717) is 18.2 Å². The predicted molar refractivity (Wildman–Crippen MR) is 71.3 cm³/mol. The fourth-order valence-electron chi connectivity index (χ4n) is 1.49. The highest BCUT2D eigenvalue weighted by Crippen LogP contribution is 2.14. The SMILES string of the molecule is Cc1ccc(NCC(O)COCC(C)C)c(F)c1. The summed E-state index contributed by atoms with van der Waals surface area (Å²) in [6, 6.07) is 4.96. The van der Waals surface area contributed by atoms with Gasteiger partial charge in [-0.3, -0.25) is 0 Å². The number of rotatable bonds is 7. The summed E-state index contributed by atoms with van der Waals surface area (Å²) in [4.78, 5) is 0. The van der Waals surface area contributed by atoms with Crippen molar-refractivity contribution in [3.8, 4) is 0 Å². The van der Waals surface area contributed by atoms with Crippen molar-refractivity contribution in [2.45, 2.75) is 26.9 Å². The molecular weight excluding hydrogens is 233 g/mol. The fourth-order valence-corrected chi connectivity index (χ4v) is 1.49. The molecule has 0 radical (unpaired) electrons. The van der Waals surface area contributed by atoms with Gasteiger partial charge in [-0.25, -0.2) is 4.39 Å². The summed E-state index contributed by atoms with van der Waals surface area (Å²) in [6.07, 6.45) is -0.635. The zero-order valence-electron chi connectivity index (χ0n) is 11.2. The van der Waals surface area contributed by atoms with Gasteiger partial charge in [-0.2, -0.15) is 0 Å². The molecule has 0 aliphatic rings. The first kappa shape index (κ1) is 14.9. The Kier molecular flexibility index (Phi) is 6.09. The average Bonchev–Trinajstić information content (AvgIpc) is 2.27. The van der Waals surface area contributed by atoms with E-state index in [4.69, 9.17) is 4.74 Å². The molecule has 0 saturated heterocycles. The minimum Gasteiger partial charge on any atom is -0.389 e. The van der Waals surface area contributed by atoms with E-state index in [9.17, 15) is 9.50 Å². The summed E-state index contributed by atoms with van der Waals surface area (Å²) in [5.41, 5.74) is 1.28. The molecule has 3 nitrogen and oxygen atoms in total. The molecule has 0 fully saturated rings. The molecule has 0 spiro atoms. The fraction of sp³-hybridized carbons (Fsp3) is 0.571. The van der Waals surface area contributed by atoms with Crippen molar-refractivity contribution in [2.24, 2.45) is 5.92 Å². The molecule has 0 aliphatic heterocycles. The third-order valence-electron chi connectivity index (χ3n) is 2.41. The van der Waals surface area contributed by atoms with Gasteiger partial charge in [-0.15, -0.1) is 0 Å². The summed E-state index contributed by atoms with van der Waals surface area (Å²) in [7, 11) is 0. The van der Waals surface area contributed by atoms with Gasteiger partial charge in [-0.05, 0) is 30.5 Å². The van der Waals surface area contributed by atoms with Gasteiger partial charge in [-0.1, -0.05) is 19.9 Å². The van der Waals surface area contributed by atoms with Crippen LogP contribution in [0.1, 0.15) is 19.4 Å². The number of benzene rings is 1. The number of anilines is 1. The molecule has 0 amide bonds. The lowest BCUT2D eigenvalue weighted by molar-refractivity contribution is 0.0317. The molecule has 0 aromatic heterocycles. The summed E-state index contributed by atoms with van der Waals surface area (Å²) in [5, 5.41) is 12.5. The second-order valence-electron chi connectivity index (χ2n) is 4.95. The molecule has 1 atom stereocenters. The van der Waals surface area contributed by atoms with Crippen molar-refractivity contribution in [2.75, 3.05) is 25.1 Å². The van der Waals surface area contributed by atoms with Gasteiger partial charge < -0.3 is 15.2 Å². The normalized spacial score (nSPS) is 12.8. The maximum Gasteiger partial charge on any atom is 0.146 e. The molecular formula is C14H22FNO2. The van der Waals surface area contributed by atoms with Gasteiger partial charge in [0.05, 0.1) is 18.4 Å². The highest BCUT2D eigenvalue weighted by Gasteiger charge is 2.07. The second kappa shape index (κ2) is 7.34. The van der Waals surface area contributed by atoms with Crippen molar-refractivity contribution in [1.82, 2.24) is 0 Å². The van der Waals surface area contributed by atoms with E-state index in [1.54, 1.807) is 6.07 Å². The number of halogens is 1. The Bertz CT molecular complexity index is 369. The summed E-state index contributed by atoms with van der Waals surface area (Å²) >= 11 is 0. The summed E-state index contributed by atoms with van der Waals surface area (Å²) < 4.78 is 18.8. The number of hydrogen-bond donors (Lipinski definition) is 2. The quantitative estimate of drug-likeness (QED) is 0.787. The first-order valence-corrected chi connectivity index (χ1v) is 6.25. The largest absolute Gasteiger partial charge is 0.389 e. The Balaban J connectivity index is 2.31.